The van der Waals surface area contributed by atoms with Gasteiger partial charge in [0, 0.05) is 6.07 Å². The van der Waals surface area contributed by atoms with Crippen LogP contribution in [0.15, 0.2) is 10.6 Å². The molecule has 0 unspecified atom stereocenters. The summed E-state index contributed by atoms with van der Waals surface area (Å²) in [6.07, 6.45) is 0. The van der Waals surface area contributed by atoms with Crippen molar-refractivity contribution in [2.24, 2.45) is 0 Å². The van der Waals surface area contributed by atoms with Gasteiger partial charge in [-0.2, -0.15) is 0 Å². The van der Waals surface area contributed by atoms with Crippen LogP contribution in [0, 0.1) is 6.92 Å². The molecule has 0 aliphatic carbocycles. The zero-order valence-corrected chi connectivity index (χ0v) is 8.84. The zero-order valence-electron chi connectivity index (χ0n) is 8.84. The van der Waals surface area contributed by atoms with Crippen LogP contribution < -0.4 is 10.6 Å². The Morgan fingerprint density at radius 3 is 2.64 bits per heavy atom. The molecule has 2 N–H and O–H groups in total. The smallest absolute Gasteiger partial charge is 0.246 e. The Morgan fingerprint density at radius 1 is 1.57 bits per heavy atom. The van der Waals surface area contributed by atoms with Crippen LogP contribution >= 0.6 is 0 Å². The van der Waals surface area contributed by atoms with E-state index in [9.17, 15) is 4.79 Å². The van der Waals surface area contributed by atoms with Crippen molar-refractivity contribution in [2.45, 2.75) is 26.3 Å². The molecule has 0 aliphatic rings. The molecule has 1 rings (SSSR count). The molecule has 5 heteroatoms. The maximum absolute atomic E-state index is 11.6. The summed E-state index contributed by atoms with van der Waals surface area (Å²) in [6, 6.07) is 1.67. The lowest BCUT2D eigenvalue weighted by Gasteiger charge is -2.21. The van der Waals surface area contributed by atoms with Crippen molar-refractivity contribution >= 4 is 11.8 Å². The molecular weight excluding hydrogens is 182 g/mol. The van der Waals surface area contributed by atoms with Crippen molar-refractivity contribution in [2.75, 3.05) is 12.4 Å². The fourth-order valence-electron chi connectivity index (χ4n) is 0.804. The molecule has 0 fully saturated rings. The number of aryl methyl sites for hydroxylation is 1. The highest BCUT2D eigenvalue weighted by molar-refractivity contribution is 5.96. The van der Waals surface area contributed by atoms with E-state index < -0.39 is 5.54 Å². The fraction of sp³-hybridized carbons (Fsp3) is 0.556. The lowest BCUT2D eigenvalue weighted by Crippen LogP contribution is -2.47. The van der Waals surface area contributed by atoms with E-state index in [2.05, 4.69) is 15.8 Å². The molecule has 0 radical (unpaired) electrons. The summed E-state index contributed by atoms with van der Waals surface area (Å²) in [5, 5.41) is 9.18. The minimum atomic E-state index is -0.624. The molecule has 0 aromatic carbocycles. The Morgan fingerprint density at radius 2 is 2.21 bits per heavy atom. The van der Waals surface area contributed by atoms with E-state index in [-0.39, 0.29) is 5.91 Å². The monoisotopic (exact) mass is 197 g/mol. The molecule has 1 aromatic heterocycles. The molecule has 5 nitrogen and oxygen atoms in total. The summed E-state index contributed by atoms with van der Waals surface area (Å²) >= 11 is 0. The SMILES string of the molecule is CNC(C)(C)C(=O)Nc1cc(C)no1. The van der Waals surface area contributed by atoms with Gasteiger partial charge in [0.1, 0.15) is 0 Å². The molecule has 0 saturated carbocycles. The summed E-state index contributed by atoms with van der Waals surface area (Å²) in [6.45, 7) is 5.36. The number of amides is 1. The number of hydrogen-bond donors (Lipinski definition) is 2. The van der Waals surface area contributed by atoms with Crippen LogP contribution in [-0.4, -0.2) is 23.7 Å². The molecule has 0 bridgehead atoms. The van der Waals surface area contributed by atoms with E-state index in [1.165, 1.54) is 0 Å². The number of carbonyl (C=O) groups excluding carboxylic acids is 1. The maximum Gasteiger partial charge on any atom is 0.246 e. The van der Waals surface area contributed by atoms with Crippen LogP contribution in [0.4, 0.5) is 5.88 Å². The van der Waals surface area contributed by atoms with Gasteiger partial charge >= 0.3 is 0 Å². The Labute approximate surface area is 82.8 Å². The first-order valence-corrected chi connectivity index (χ1v) is 4.39. The second-order valence-electron chi connectivity index (χ2n) is 3.66. The number of nitrogens with one attached hydrogen (secondary N) is 2. The molecule has 0 aliphatic heterocycles. The van der Waals surface area contributed by atoms with E-state index >= 15 is 0 Å². The van der Waals surface area contributed by atoms with E-state index in [1.807, 2.05) is 0 Å². The van der Waals surface area contributed by atoms with Crippen molar-refractivity contribution in [1.82, 2.24) is 10.5 Å². The number of rotatable bonds is 3. The van der Waals surface area contributed by atoms with Crippen molar-refractivity contribution in [1.29, 1.82) is 0 Å². The molecule has 1 amide bonds. The third-order valence-corrected chi connectivity index (χ3v) is 2.06. The number of likely N-dealkylation sites (N-methyl/N-ethyl adjacent to an activating group) is 1. The minimum Gasteiger partial charge on any atom is -0.338 e. The largest absolute Gasteiger partial charge is 0.338 e. The van der Waals surface area contributed by atoms with Gasteiger partial charge in [-0.1, -0.05) is 5.16 Å². The normalized spacial score (nSPS) is 11.4. The number of nitrogens with zero attached hydrogens (tertiary/aromatic N) is 1. The van der Waals surface area contributed by atoms with Gasteiger partial charge < -0.3 is 9.84 Å². The van der Waals surface area contributed by atoms with E-state index in [4.69, 9.17) is 4.52 Å². The van der Waals surface area contributed by atoms with E-state index in [1.54, 1.807) is 33.9 Å². The molecule has 0 saturated heterocycles. The molecule has 1 heterocycles. The van der Waals surface area contributed by atoms with Crippen molar-refractivity contribution in [3.8, 4) is 0 Å². The highest BCUT2D eigenvalue weighted by Crippen LogP contribution is 2.11. The second-order valence-corrected chi connectivity index (χ2v) is 3.66. The van der Waals surface area contributed by atoms with Gasteiger partial charge in [-0.15, -0.1) is 0 Å². The second kappa shape index (κ2) is 3.79. The van der Waals surface area contributed by atoms with Crippen LogP contribution in [0.25, 0.3) is 0 Å². The van der Waals surface area contributed by atoms with Gasteiger partial charge in [0.05, 0.1) is 11.2 Å². The Bertz CT molecular complexity index is 331. The number of anilines is 1. The Kier molecular flexibility index (Phi) is 2.90. The van der Waals surface area contributed by atoms with Gasteiger partial charge in [-0.25, -0.2) is 0 Å². The van der Waals surface area contributed by atoms with Gasteiger partial charge in [0.2, 0.25) is 11.8 Å². The van der Waals surface area contributed by atoms with Crippen molar-refractivity contribution < 1.29 is 9.32 Å². The topological polar surface area (TPSA) is 67.2 Å². The summed E-state index contributed by atoms with van der Waals surface area (Å²) in [5.74, 6) is 0.215. The third kappa shape index (κ3) is 2.32. The average molecular weight is 197 g/mol. The fourth-order valence-corrected chi connectivity index (χ4v) is 0.804. The van der Waals surface area contributed by atoms with Crippen LogP contribution in [0.1, 0.15) is 19.5 Å². The number of hydrogen-bond acceptors (Lipinski definition) is 4. The van der Waals surface area contributed by atoms with Crippen molar-refractivity contribution in [3.63, 3.8) is 0 Å². The predicted molar refractivity (Wildman–Crippen MR) is 53.0 cm³/mol. The predicted octanol–water partition coefficient (Wildman–Crippen LogP) is 0.920. The van der Waals surface area contributed by atoms with E-state index in [0.717, 1.165) is 5.69 Å². The Hall–Kier alpha value is -1.36. The highest BCUT2D eigenvalue weighted by Gasteiger charge is 2.25. The number of carbonyl (C=O) groups is 1. The average Bonchev–Trinajstić information content (AvgIpc) is 2.51. The summed E-state index contributed by atoms with van der Waals surface area (Å²) in [5.41, 5.74) is 0.114. The van der Waals surface area contributed by atoms with E-state index in [0.29, 0.717) is 5.88 Å². The van der Waals surface area contributed by atoms with Crippen LogP contribution in [0.5, 0.6) is 0 Å². The first-order chi connectivity index (χ1) is 6.45. The Balaban J connectivity index is 2.66. The molecule has 78 valence electrons. The molecule has 1 aromatic rings. The quantitative estimate of drug-likeness (QED) is 0.756. The lowest BCUT2D eigenvalue weighted by atomic mass is 10.1. The summed E-state index contributed by atoms with van der Waals surface area (Å²) < 4.78 is 4.86. The maximum atomic E-state index is 11.6. The molecular formula is C9H15N3O2. The highest BCUT2D eigenvalue weighted by atomic mass is 16.5. The standard InChI is InChI=1S/C9H15N3O2/c1-6-5-7(14-12-6)11-8(13)9(2,3)10-4/h5,10H,1-4H3,(H,11,13). The van der Waals surface area contributed by atoms with Gasteiger partial charge in [-0.05, 0) is 27.8 Å². The zero-order chi connectivity index (χ0) is 10.8. The van der Waals surface area contributed by atoms with Crippen LogP contribution in [0.2, 0.25) is 0 Å². The van der Waals surface area contributed by atoms with Crippen LogP contribution in [-0.2, 0) is 4.79 Å². The first kappa shape index (κ1) is 10.7. The van der Waals surface area contributed by atoms with Gasteiger partial charge in [-0.3, -0.25) is 10.1 Å². The third-order valence-electron chi connectivity index (χ3n) is 2.06. The minimum absolute atomic E-state index is 0.156. The lowest BCUT2D eigenvalue weighted by molar-refractivity contribution is -0.121. The van der Waals surface area contributed by atoms with Gasteiger partial charge in [0.25, 0.3) is 0 Å². The molecule has 0 spiro atoms. The summed E-state index contributed by atoms with van der Waals surface area (Å²) in [4.78, 5) is 11.6. The summed E-state index contributed by atoms with van der Waals surface area (Å²) in [7, 11) is 1.73. The molecule has 0 atom stereocenters. The van der Waals surface area contributed by atoms with Crippen molar-refractivity contribution in [3.05, 3.63) is 11.8 Å². The molecule has 14 heavy (non-hydrogen) atoms. The van der Waals surface area contributed by atoms with Gasteiger partial charge in [0.15, 0.2) is 0 Å². The number of aromatic nitrogens is 1. The first-order valence-electron chi connectivity index (χ1n) is 4.39. The van der Waals surface area contributed by atoms with Crippen LogP contribution in [0.3, 0.4) is 0 Å².